The zero-order valence-corrected chi connectivity index (χ0v) is 13.2. The Morgan fingerprint density at radius 1 is 1.38 bits per heavy atom. The van der Waals surface area contributed by atoms with Gasteiger partial charge in [0.25, 0.3) is 0 Å². The molecule has 0 radical (unpaired) electrons. The number of rotatable bonds is 5. The molecule has 0 fully saturated rings. The number of hydrogen-bond acceptors (Lipinski definition) is 5. The Morgan fingerprint density at radius 3 is 2.76 bits per heavy atom. The fraction of sp³-hybridized carbons (Fsp3) is 0.533. The van der Waals surface area contributed by atoms with E-state index in [-0.39, 0.29) is 6.04 Å². The molecule has 21 heavy (non-hydrogen) atoms. The van der Waals surface area contributed by atoms with Crippen molar-refractivity contribution < 1.29 is 17.9 Å². The van der Waals surface area contributed by atoms with Gasteiger partial charge in [0, 0.05) is 6.04 Å². The van der Waals surface area contributed by atoms with Crippen LogP contribution < -0.4 is 5.32 Å². The molecule has 6 heteroatoms. The van der Waals surface area contributed by atoms with Gasteiger partial charge in [0.2, 0.25) is 0 Å². The summed E-state index contributed by atoms with van der Waals surface area (Å²) in [6.45, 7) is 2.62. The van der Waals surface area contributed by atoms with E-state index >= 15 is 0 Å². The Bertz CT molecular complexity index is 612. The minimum Gasteiger partial charge on any atom is -0.468 e. The highest BCUT2D eigenvalue weighted by molar-refractivity contribution is 7.92. The molecule has 1 aromatic carbocycles. The summed E-state index contributed by atoms with van der Waals surface area (Å²) in [6.07, 6.45) is 1.23. The van der Waals surface area contributed by atoms with Crippen molar-refractivity contribution >= 4 is 15.8 Å². The molecule has 116 valence electrons. The van der Waals surface area contributed by atoms with E-state index in [1.54, 1.807) is 0 Å². The highest BCUT2D eigenvalue weighted by Gasteiger charge is 2.38. The van der Waals surface area contributed by atoms with Gasteiger partial charge in [-0.25, -0.2) is 8.42 Å². The van der Waals surface area contributed by atoms with Crippen molar-refractivity contribution in [2.24, 2.45) is 0 Å². The zero-order valence-electron chi connectivity index (χ0n) is 12.3. The number of nitrogens with one attached hydrogen (secondary N) is 1. The lowest BCUT2D eigenvalue weighted by Crippen LogP contribution is -2.42. The lowest BCUT2D eigenvalue weighted by atomic mass is 9.87. The third-order valence-electron chi connectivity index (χ3n) is 3.89. The minimum atomic E-state index is -3.55. The van der Waals surface area contributed by atoms with E-state index in [1.807, 2.05) is 31.2 Å². The van der Waals surface area contributed by atoms with Gasteiger partial charge in [-0.2, -0.15) is 0 Å². The van der Waals surface area contributed by atoms with Gasteiger partial charge < -0.3 is 10.1 Å². The molecule has 0 saturated carbocycles. The number of ether oxygens (including phenoxy) is 1. The first-order valence-electron chi connectivity index (χ1n) is 7.09. The van der Waals surface area contributed by atoms with E-state index in [1.165, 1.54) is 12.7 Å². The molecule has 2 atom stereocenters. The molecule has 0 saturated heterocycles. The lowest BCUT2D eigenvalue weighted by Gasteiger charge is -2.33. The number of benzene rings is 1. The van der Waals surface area contributed by atoms with Gasteiger partial charge >= 0.3 is 5.97 Å². The van der Waals surface area contributed by atoms with Gasteiger partial charge in [-0.3, -0.25) is 4.79 Å². The van der Waals surface area contributed by atoms with Crippen molar-refractivity contribution in [3.8, 4) is 0 Å². The number of sulfone groups is 1. The van der Waals surface area contributed by atoms with Gasteiger partial charge in [-0.15, -0.1) is 0 Å². The van der Waals surface area contributed by atoms with Crippen molar-refractivity contribution in [2.75, 3.05) is 19.4 Å². The summed E-state index contributed by atoms with van der Waals surface area (Å²) in [6, 6.07) is 7.60. The summed E-state index contributed by atoms with van der Waals surface area (Å²) in [5, 5.41) is 2.67. The molecule has 5 nitrogen and oxygen atoms in total. The first kappa shape index (κ1) is 16.0. The standard InChI is InChI=1S/C15H21NO4S/c1-3-16-15-12-7-5-4-6-11(12)8-9-13(15)21(18,19)10-14(17)20-2/h4-7,13,15-16H,3,8-10H2,1-2H3. The molecule has 0 spiro atoms. The molecule has 0 aliphatic heterocycles. The third kappa shape index (κ3) is 3.44. The van der Waals surface area contributed by atoms with E-state index in [2.05, 4.69) is 10.1 Å². The van der Waals surface area contributed by atoms with Crippen molar-refractivity contribution in [1.82, 2.24) is 5.32 Å². The number of carbonyl (C=O) groups excluding carboxylic acids is 1. The van der Waals surface area contributed by atoms with Gasteiger partial charge in [0.15, 0.2) is 9.84 Å². The highest BCUT2D eigenvalue weighted by atomic mass is 32.2. The molecule has 0 aromatic heterocycles. The summed E-state index contributed by atoms with van der Waals surface area (Å²) < 4.78 is 29.5. The van der Waals surface area contributed by atoms with Gasteiger partial charge in [-0.1, -0.05) is 31.2 Å². The molecule has 2 unspecified atom stereocenters. The van der Waals surface area contributed by atoms with Crippen molar-refractivity contribution in [2.45, 2.75) is 31.1 Å². The quantitative estimate of drug-likeness (QED) is 0.828. The molecule has 0 amide bonds. The van der Waals surface area contributed by atoms with E-state index in [9.17, 15) is 13.2 Å². The number of esters is 1. The predicted octanol–water partition coefficient (Wildman–Crippen LogP) is 1.24. The summed E-state index contributed by atoms with van der Waals surface area (Å²) in [7, 11) is -2.34. The number of hydrogen-bond donors (Lipinski definition) is 1. The second kappa shape index (κ2) is 6.58. The number of methoxy groups -OCH3 is 1. The largest absolute Gasteiger partial charge is 0.468 e. The Morgan fingerprint density at radius 2 is 2.10 bits per heavy atom. The van der Waals surface area contributed by atoms with E-state index in [4.69, 9.17) is 0 Å². The fourth-order valence-corrected chi connectivity index (χ4v) is 4.70. The van der Waals surface area contributed by atoms with E-state index < -0.39 is 26.8 Å². The Hall–Kier alpha value is -1.40. The summed E-state index contributed by atoms with van der Waals surface area (Å²) >= 11 is 0. The van der Waals surface area contributed by atoms with Crippen LogP contribution in [0.5, 0.6) is 0 Å². The first-order valence-corrected chi connectivity index (χ1v) is 8.80. The maximum Gasteiger partial charge on any atom is 0.320 e. The Labute approximate surface area is 125 Å². The van der Waals surface area contributed by atoms with Crippen molar-refractivity contribution in [1.29, 1.82) is 0 Å². The topological polar surface area (TPSA) is 72.5 Å². The van der Waals surface area contributed by atoms with E-state index in [0.717, 1.165) is 5.56 Å². The van der Waals surface area contributed by atoms with Crippen LogP contribution in [-0.2, 0) is 25.8 Å². The van der Waals surface area contributed by atoms with Gasteiger partial charge in [0.05, 0.1) is 12.4 Å². The SMILES string of the molecule is CCNC1c2ccccc2CCC1S(=O)(=O)CC(=O)OC. The molecule has 1 aromatic rings. The molecular weight excluding hydrogens is 290 g/mol. The van der Waals surface area contributed by atoms with Crippen LogP contribution in [0.4, 0.5) is 0 Å². The molecular formula is C15H21NO4S. The van der Waals surface area contributed by atoms with Crippen molar-refractivity contribution in [3.05, 3.63) is 35.4 Å². The van der Waals surface area contributed by atoms with Gasteiger partial charge in [0.1, 0.15) is 5.75 Å². The first-order chi connectivity index (χ1) is 9.99. The monoisotopic (exact) mass is 311 g/mol. The average molecular weight is 311 g/mol. The molecule has 1 aliphatic rings. The number of aryl methyl sites for hydroxylation is 1. The second-order valence-electron chi connectivity index (χ2n) is 5.19. The van der Waals surface area contributed by atoms with Crippen LogP contribution in [0.3, 0.4) is 0 Å². The third-order valence-corrected chi connectivity index (χ3v) is 5.96. The molecule has 2 rings (SSSR count). The minimum absolute atomic E-state index is 0.269. The van der Waals surface area contributed by atoms with Crippen LogP contribution in [-0.4, -0.2) is 39.0 Å². The van der Waals surface area contributed by atoms with Crippen LogP contribution in [0.15, 0.2) is 24.3 Å². The van der Waals surface area contributed by atoms with Gasteiger partial charge in [-0.05, 0) is 30.5 Å². The summed E-state index contributed by atoms with van der Waals surface area (Å²) in [5.41, 5.74) is 2.19. The molecule has 1 N–H and O–H groups in total. The second-order valence-corrected chi connectivity index (χ2v) is 7.41. The smallest absolute Gasteiger partial charge is 0.320 e. The van der Waals surface area contributed by atoms with Crippen LogP contribution in [0.25, 0.3) is 0 Å². The maximum absolute atomic E-state index is 12.5. The summed E-state index contributed by atoms with van der Waals surface area (Å²) in [5.74, 6) is -1.26. The number of carbonyl (C=O) groups is 1. The number of fused-ring (bicyclic) bond motifs is 1. The molecule has 0 bridgehead atoms. The lowest BCUT2D eigenvalue weighted by molar-refractivity contribution is -0.137. The Kier molecular flexibility index (Phi) is 5.00. The van der Waals surface area contributed by atoms with Crippen LogP contribution in [0, 0.1) is 0 Å². The van der Waals surface area contributed by atoms with Crippen molar-refractivity contribution in [3.63, 3.8) is 0 Å². The van der Waals surface area contributed by atoms with E-state index in [0.29, 0.717) is 19.4 Å². The Balaban J connectivity index is 2.34. The average Bonchev–Trinajstić information content (AvgIpc) is 2.47. The molecule has 0 heterocycles. The fourth-order valence-electron chi connectivity index (χ4n) is 2.91. The van der Waals surface area contributed by atoms with Crippen LogP contribution >= 0.6 is 0 Å². The predicted molar refractivity (Wildman–Crippen MR) is 80.8 cm³/mol. The molecule has 1 aliphatic carbocycles. The zero-order chi connectivity index (χ0) is 15.5. The normalized spacial score (nSPS) is 21.6. The van der Waals surface area contributed by atoms with Crippen LogP contribution in [0.1, 0.15) is 30.5 Å². The maximum atomic E-state index is 12.5. The highest BCUT2D eigenvalue weighted by Crippen LogP contribution is 2.34. The summed E-state index contributed by atoms with van der Waals surface area (Å²) in [4.78, 5) is 11.4. The van der Waals surface area contributed by atoms with Crippen LogP contribution in [0.2, 0.25) is 0 Å².